The van der Waals surface area contributed by atoms with Crippen molar-refractivity contribution in [3.8, 4) is 17.3 Å². The van der Waals surface area contributed by atoms with Gasteiger partial charge in [0.1, 0.15) is 24.4 Å². The van der Waals surface area contributed by atoms with Crippen LogP contribution < -0.4 is 10.1 Å². The first kappa shape index (κ1) is 21.3. The van der Waals surface area contributed by atoms with E-state index in [0.29, 0.717) is 34.1 Å². The third-order valence-electron chi connectivity index (χ3n) is 5.24. The van der Waals surface area contributed by atoms with Gasteiger partial charge < -0.3 is 19.6 Å². The molecule has 0 spiro atoms. The van der Waals surface area contributed by atoms with Gasteiger partial charge in [-0.3, -0.25) is 4.79 Å². The van der Waals surface area contributed by atoms with Gasteiger partial charge >= 0.3 is 0 Å². The third kappa shape index (κ3) is 4.63. The molecule has 0 saturated heterocycles. The lowest BCUT2D eigenvalue weighted by atomic mass is 10.1. The number of halogens is 1. The number of benzene rings is 2. The molecule has 8 nitrogen and oxygen atoms in total. The van der Waals surface area contributed by atoms with Gasteiger partial charge in [-0.15, -0.1) is 0 Å². The number of aromatic nitrogens is 5. The summed E-state index contributed by atoms with van der Waals surface area (Å²) in [6, 6.07) is 14.2. The van der Waals surface area contributed by atoms with Gasteiger partial charge in [-0.2, -0.15) is 0 Å². The van der Waals surface area contributed by atoms with Crippen LogP contribution in [0.2, 0.25) is 0 Å². The van der Waals surface area contributed by atoms with Crippen LogP contribution in [0.15, 0.2) is 73.6 Å². The summed E-state index contributed by atoms with van der Waals surface area (Å²) >= 11 is 0. The van der Waals surface area contributed by atoms with Gasteiger partial charge in [0, 0.05) is 23.8 Å². The smallest absolute Gasteiger partial charge is 0.231 e. The lowest BCUT2D eigenvalue weighted by Crippen LogP contribution is -2.14. The maximum Gasteiger partial charge on any atom is 0.231 e. The first-order chi connectivity index (χ1) is 16.6. The standard InChI is InChI=1S/C25H21FN6O2/c1-16-13-32(15-30-16)20-9-17(8-18(10-20)12-26)11-23(33)31-19-2-4-21(5-3-19)34-25-22-6-7-27-24(22)28-14-29-25/h2-10,13-15H,11-12H2,1H3,(H,31,33)(H,27,28,29). The number of imidazole rings is 1. The Kier molecular flexibility index (Phi) is 5.73. The zero-order valence-corrected chi connectivity index (χ0v) is 18.3. The van der Waals surface area contributed by atoms with Crippen molar-refractivity contribution in [1.29, 1.82) is 0 Å². The molecule has 0 fully saturated rings. The minimum absolute atomic E-state index is 0.110. The summed E-state index contributed by atoms with van der Waals surface area (Å²) in [5.41, 5.74) is 4.16. The molecule has 0 atom stereocenters. The topological polar surface area (TPSA) is 97.7 Å². The number of carbonyl (C=O) groups is 1. The van der Waals surface area contributed by atoms with E-state index in [1.807, 2.05) is 29.8 Å². The SMILES string of the molecule is Cc1cn(-c2cc(CF)cc(CC(=O)Nc3ccc(Oc4ncnc5[nH]ccc45)cc3)c2)cn1. The average Bonchev–Trinajstić information content (AvgIpc) is 3.49. The van der Waals surface area contributed by atoms with Gasteiger partial charge in [-0.1, -0.05) is 6.07 Å². The van der Waals surface area contributed by atoms with E-state index in [1.54, 1.807) is 48.9 Å². The molecule has 2 N–H and O–H groups in total. The Hall–Kier alpha value is -4.53. The van der Waals surface area contributed by atoms with Crippen LogP contribution in [-0.4, -0.2) is 30.4 Å². The van der Waals surface area contributed by atoms with Crippen LogP contribution in [0.4, 0.5) is 10.1 Å². The van der Waals surface area contributed by atoms with Crippen LogP contribution in [0.3, 0.4) is 0 Å². The van der Waals surface area contributed by atoms with Gasteiger partial charge in [0.2, 0.25) is 11.8 Å². The molecule has 9 heteroatoms. The fourth-order valence-electron chi connectivity index (χ4n) is 3.67. The second-order valence-corrected chi connectivity index (χ2v) is 7.83. The summed E-state index contributed by atoms with van der Waals surface area (Å²) in [5, 5.41) is 3.65. The molecule has 0 unspecified atom stereocenters. The van der Waals surface area contributed by atoms with Gasteiger partial charge in [0.05, 0.1) is 23.8 Å². The summed E-state index contributed by atoms with van der Waals surface area (Å²) in [4.78, 5) is 28.2. The minimum atomic E-state index is -0.612. The van der Waals surface area contributed by atoms with Crippen LogP contribution in [-0.2, 0) is 17.9 Å². The van der Waals surface area contributed by atoms with Crippen molar-refractivity contribution >= 4 is 22.6 Å². The van der Waals surface area contributed by atoms with Crippen LogP contribution in [0.1, 0.15) is 16.8 Å². The molecule has 34 heavy (non-hydrogen) atoms. The number of nitrogens with one attached hydrogen (secondary N) is 2. The van der Waals surface area contributed by atoms with Gasteiger partial charge in [0.25, 0.3) is 0 Å². The highest BCUT2D eigenvalue weighted by atomic mass is 19.1. The highest BCUT2D eigenvalue weighted by molar-refractivity contribution is 5.92. The Bertz CT molecular complexity index is 1460. The predicted octanol–water partition coefficient (Wildman–Crippen LogP) is 4.90. The molecule has 0 saturated carbocycles. The number of fused-ring (bicyclic) bond motifs is 1. The van der Waals surface area contributed by atoms with Crippen molar-refractivity contribution in [2.45, 2.75) is 20.0 Å². The van der Waals surface area contributed by atoms with Crippen molar-refractivity contribution in [3.05, 3.63) is 90.4 Å². The normalized spacial score (nSPS) is 11.0. The number of hydrogen-bond acceptors (Lipinski definition) is 5. The summed E-state index contributed by atoms with van der Waals surface area (Å²) in [5.74, 6) is 0.817. The molecule has 5 rings (SSSR count). The molecule has 0 aliphatic rings. The molecule has 0 aliphatic carbocycles. The van der Waals surface area contributed by atoms with E-state index in [0.717, 1.165) is 16.8 Å². The van der Waals surface area contributed by atoms with Gasteiger partial charge in [-0.05, 0) is 60.5 Å². The van der Waals surface area contributed by atoms with Crippen molar-refractivity contribution in [1.82, 2.24) is 24.5 Å². The fraction of sp³-hybridized carbons (Fsp3) is 0.120. The fourth-order valence-corrected chi connectivity index (χ4v) is 3.67. The average molecular weight is 456 g/mol. The second kappa shape index (κ2) is 9.14. The van der Waals surface area contributed by atoms with Crippen molar-refractivity contribution in [2.75, 3.05) is 5.32 Å². The molecule has 0 aliphatic heterocycles. The molecule has 3 aromatic heterocycles. The maximum atomic E-state index is 13.4. The Morgan fingerprint density at radius 3 is 2.68 bits per heavy atom. The van der Waals surface area contributed by atoms with E-state index in [-0.39, 0.29) is 12.3 Å². The summed E-state index contributed by atoms with van der Waals surface area (Å²) in [7, 11) is 0. The zero-order chi connectivity index (χ0) is 23.5. The molecule has 2 aromatic carbocycles. The van der Waals surface area contributed by atoms with Gasteiger partial charge in [0.15, 0.2) is 0 Å². The van der Waals surface area contributed by atoms with Crippen LogP contribution in [0.5, 0.6) is 11.6 Å². The lowest BCUT2D eigenvalue weighted by molar-refractivity contribution is -0.115. The number of nitrogens with zero attached hydrogens (tertiary/aromatic N) is 4. The minimum Gasteiger partial charge on any atom is -0.438 e. The maximum absolute atomic E-state index is 13.4. The number of aryl methyl sites for hydroxylation is 1. The number of anilines is 1. The largest absolute Gasteiger partial charge is 0.438 e. The second-order valence-electron chi connectivity index (χ2n) is 7.83. The number of aromatic amines is 1. The number of rotatable bonds is 7. The summed E-state index contributed by atoms with van der Waals surface area (Å²) in [6.07, 6.45) is 6.84. The molecule has 1 amide bonds. The van der Waals surface area contributed by atoms with Crippen LogP contribution >= 0.6 is 0 Å². The molecule has 3 heterocycles. The van der Waals surface area contributed by atoms with Crippen molar-refractivity contribution in [3.63, 3.8) is 0 Å². The van der Waals surface area contributed by atoms with Gasteiger partial charge in [-0.25, -0.2) is 19.3 Å². The number of hydrogen-bond donors (Lipinski definition) is 2. The summed E-state index contributed by atoms with van der Waals surface area (Å²) < 4.78 is 21.1. The van der Waals surface area contributed by atoms with Crippen LogP contribution in [0.25, 0.3) is 16.7 Å². The Morgan fingerprint density at radius 2 is 1.91 bits per heavy atom. The monoisotopic (exact) mass is 456 g/mol. The van der Waals surface area contributed by atoms with E-state index >= 15 is 0 Å². The lowest BCUT2D eigenvalue weighted by Gasteiger charge is -2.10. The quantitative estimate of drug-likeness (QED) is 0.363. The van der Waals surface area contributed by atoms with Crippen LogP contribution in [0, 0.1) is 6.92 Å². The number of amides is 1. The Labute approximate surface area is 194 Å². The number of alkyl halides is 1. The van der Waals surface area contributed by atoms with Crippen molar-refractivity contribution < 1.29 is 13.9 Å². The molecule has 170 valence electrons. The molecular weight excluding hydrogens is 435 g/mol. The van der Waals surface area contributed by atoms with E-state index in [4.69, 9.17) is 4.74 Å². The molecule has 0 bridgehead atoms. The number of H-pyrrole nitrogens is 1. The first-order valence-corrected chi connectivity index (χ1v) is 10.6. The summed E-state index contributed by atoms with van der Waals surface area (Å²) in [6.45, 7) is 1.27. The third-order valence-corrected chi connectivity index (χ3v) is 5.24. The Morgan fingerprint density at radius 1 is 1.09 bits per heavy atom. The van der Waals surface area contributed by atoms with Crippen molar-refractivity contribution in [2.24, 2.45) is 0 Å². The number of ether oxygens (including phenoxy) is 1. The first-order valence-electron chi connectivity index (χ1n) is 10.6. The molecular formula is C25H21FN6O2. The van der Waals surface area contributed by atoms with E-state index in [2.05, 4.69) is 25.3 Å². The molecule has 5 aromatic rings. The highest BCUT2D eigenvalue weighted by Gasteiger charge is 2.10. The molecule has 0 radical (unpaired) electrons. The van der Waals surface area contributed by atoms with E-state index in [1.165, 1.54) is 6.33 Å². The van der Waals surface area contributed by atoms with E-state index in [9.17, 15) is 9.18 Å². The van der Waals surface area contributed by atoms with E-state index < -0.39 is 6.67 Å². The zero-order valence-electron chi connectivity index (χ0n) is 18.3. The Balaban J connectivity index is 1.26. The highest BCUT2D eigenvalue weighted by Crippen LogP contribution is 2.27. The number of carbonyl (C=O) groups excluding carboxylic acids is 1. The predicted molar refractivity (Wildman–Crippen MR) is 126 cm³/mol.